The van der Waals surface area contributed by atoms with Crippen molar-refractivity contribution >= 4 is 29.3 Å². The maximum absolute atomic E-state index is 14.0. The summed E-state index contributed by atoms with van der Waals surface area (Å²) in [5.74, 6) is -1.04. The van der Waals surface area contributed by atoms with Gasteiger partial charge in [0.1, 0.15) is 17.5 Å². The zero-order valence-corrected chi connectivity index (χ0v) is 16.8. The molecule has 7 nitrogen and oxygen atoms in total. The standard InChI is InChI=1S/C20H28FN3O4/c1-5-17(25)24-11-7-6-8-16(24)18(26)22-13-9-10-14(21)15(12-13)23-19(27)28-20(2,3)4/h9-10,12,16H,5-8,11H2,1-4H3,(H,22,26)(H,23,27). The maximum Gasteiger partial charge on any atom is 0.412 e. The van der Waals surface area contributed by atoms with Crippen LogP contribution in [0.25, 0.3) is 0 Å². The van der Waals surface area contributed by atoms with Crippen LogP contribution in [0.4, 0.5) is 20.6 Å². The van der Waals surface area contributed by atoms with Gasteiger partial charge in [0.25, 0.3) is 0 Å². The van der Waals surface area contributed by atoms with Crippen LogP contribution >= 0.6 is 0 Å². The fourth-order valence-electron chi connectivity index (χ4n) is 3.04. The number of hydrogen-bond donors (Lipinski definition) is 2. The number of benzene rings is 1. The number of amides is 3. The average molecular weight is 393 g/mol. The van der Waals surface area contributed by atoms with Crippen molar-refractivity contribution in [1.29, 1.82) is 0 Å². The highest BCUT2D eigenvalue weighted by Crippen LogP contribution is 2.23. The number of carbonyl (C=O) groups is 3. The summed E-state index contributed by atoms with van der Waals surface area (Å²) in [6, 6.07) is 3.33. The summed E-state index contributed by atoms with van der Waals surface area (Å²) >= 11 is 0. The minimum atomic E-state index is -0.790. The first-order chi connectivity index (χ1) is 13.1. The molecular formula is C20H28FN3O4. The third-order valence-electron chi connectivity index (χ3n) is 4.30. The number of halogens is 1. The molecule has 154 valence electrons. The average Bonchev–Trinajstić information content (AvgIpc) is 2.62. The summed E-state index contributed by atoms with van der Waals surface area (Å²) in [5, 5.41) is 5.06. The van der Waals surface area contributed by atoms with Crippen molar-refractivity contribution in [3.8, 4) is 0 Å². The van der Waals surface area contributed by atoms with Crippen LogP contribution in [-0.4, -0.2) is 41.0 Å². The topological polar surface area (TPSA) is 87.7 Å². The first-order valence-electron chi connectivity index (χ1n) is 9.50. The Bertz CT molecular complexity index is 745. The molecule has 1 atom stereocenters. The Balaban J connectivity index is 2.10. The molecule has 1 aliphatic heterocycles. The van der Waals surface area contributed by atoms with Gasteiger partial charge < -0.3 is 15.0 Å². The van der Waals surface area contributed by atoms with Crippen molar-refractivity contribution in [2.75, 3.05) is 17.2 Å². The molecule has 0 bridgehead atoms. The van der Waals surface area contributed by atoms with E-state index < -0.39 is 23.6 Å². The van der Waals surface area contributed by atoms with Crippen LogP contribution in [0.3, 0.4) is 0 Å². The van der Waals surface area contributed by atoms with Gasteiger partial charge in [-0.05, 0) is 58.2 Å². The molecule has 2 N–H and O–H groups in total. The van der Waals surface area contributed by atoms with E-state index in [9.17, 15) is 18.8 Å². The van der Waals surface area contributed by atoms with E-state index in [1.807, 2.05) is 0 Å². The first kappa shape index (κ1) is 21.7. The van der Waals surface area contributed by atoms with Gasteiger partial charge in [-0.15, -0.1) is 0 Å². The number of piperidine rings is 1. The number of nitrogens with zero attached hydrogens (tertiary/aromatic N) is 1. The lowest BCUT2D eigenvalue weighted by molar-refractivity contribution is -0.140. The second-order valence-corrected chi connectivity index (χ2v) is 7.76. The minimum Gasteiger partial charge on any atom is -0.444 e. The van der Waals surface area contributed by atoms with Gasteiger partial charge in [-0.25, -0.2) is 9.18 Å². The van der Waals surface area contributed by atoms with E-state index in [0.29, 0.717) is 25.1 Å². The van der Waals surface area contributed by atoms with Crippen molar-refractivity contribution in [3.05, 3.63) is 24.0 Å². The van der Waals surface area contributed by atoms with Gasteiger partial charge in [0.15, 0.2) is 0 Å². The minimum absolute atomic E-state index is 0.0637. The fourth-order valence-corrected chi connectivity index (χ4v) is 3.04. The van der Waals surface area contributed by atoms with E-state index in [0.717, 1.165) is 18.9 Å². The third-order valence-corrected chi connectivity index (χ3v) is 4.30. The van der Waals surface area contributed by atoms with E-state index in [-0.39, 0.29) is 17.5 Å². The summed E-state index contributed by atoms with van der Waals surface area (Å²) in [6.07, 6.45) is 1.87. The number of rotatable bonds is 4. The molecule has 0 spiro atoms. The molecule has 1 aliphatic rings. The van der Waals surface area contributed by atoms with Gasteiger partial charge in [-0.1, -0.05) is 6.92 Å². The molecule has 3 amide bonds. The Hall–Kier alpha value is -2.64. The molecule has 2 rings (SSSR count). The Morgan fingerprint density at radius 3 is 2.57 bits per heavy atom. The summed E-state index contributed by atoms with van der Waals surface area (Å²) in [4.78, 5) is 38.3. The second-order valence-electron chi connectivity index (χ2n) is 7.76. The summed E-state index contributed by atoms with van der Waals surface area (Å²) in [6.45, 7) is 7.42. The predicted octanol–water partition coefficient (Wildman–Crippen LogP) is 3.90. The van der Waals surface area contributed by atoms with Crippen LogP contribution in [0.2, 0.25) is 0 Å². The van der Waals surface area contributed by atoms with Gasteiger partial charge in [0, 0.05) is 18.7 Å². The molecule has 1 aromatic rings. The SMILES string of the molecule is CCC(=O)N1CCCCC1C(=O)Nc1ccc(F)c(NC(=O)OC(C)(C)C)c1. The molecule has 1 heterocycles. The van der Waals surface area contributed by atoms with E-state index in [4.69, 9.17) is 4.74 Å². The van der Waals surface area contributed by atoms with Gasteiger partial charge in [0.2, 0.25) is 11.8 Å². The third kappa shape index (κ3) is 5.94. The van der Waals surface area contributed by atoms with Crippen molar-refractivity contribution in [1.82, 2.24) is 4.90 Å². The molecule has 8 heteroatoms. The molecular weight excluding hydrogens is 365 g/mol. The second kappa shape index (κ2) is 9.03. The smallest absolute Gasteiger partial charge is 0.412 e. The number of hydrogen-bond acceptors (Lipinski definition) is 4. The summed E-state index contributed by atoms with van der Waals surface area (Å²) < 4.78 is 19.2. The Morgan fingerprint density at radius 2 is 1.93 bits per heavy atom. The van der Waals surface area contributed by atoms with Crippen molar-refractivity contribution in [2.24, 2.45) is 0 Å². The van der Waals surface area contributed by atoms with Crippen LogP contribution in [0.5, 0.6) is 0 Å². The normalized spacial score (nSPS) is 17.0. The molecule has 1 saturated heterocycles. The summed E-state index contributed by atoms with van der Waals surface area (Å²) in [7, 11) is 0. The van der Waals surface area contributed by atoms with Crippen molar-refractivity contribution in [3.63, 3.8) is 0 Å². The monoisotopic (exact) mass is 393 g/mol. The maximum atomic E-state index is 14.0. The first-order valence-corrected chi connectivity index (χ1v) is 9.50. The molecule has 1 unspecified atom stereocenters. The predicted molar refractivity (Wildman–Crippen MR) is 105 cm³/mol. The molecule has 0 radical (unpaired) electrons. The quantitative estimate of drug-likeness (QED) is 0.812. The van der Waals surface area contributed by atoms with Crippen molar-refractivity contribution < 1.29 is 23.5 Å². The van der Waals surface area contributed by atoms with Crippen LogP contribution in [0, 0.1) is 5.82 Å². The highest BCUT2D eigenvalue weighted by atomic mass is 19.1. The molecule has 1 fully saturated rings. The van der Waals surface area contributed by atoms with E-state index in [1.165, 1.54) is 12.1 Å². The van der Waals surface area contributed by atoms with Gasteiger partial charge in [-0.2, -0.15) is 0 Å². The molecule has 1 aromatic carbocycles. The zero-order valence-electron chi connectivity index (χ0n) is 16.8. The van der Waals surface area contributed by atoms with E-state index >= 15 is 0 Å². The molecule has 0 saturated carbocycles. The number of anilines is 2. The van der Waals surface area contributed by atoms with Crippen LogP contribution in [-0.2, 0) is 14.3 Å². The summed E-state index contributed by atoms with van der Waals surface area (Å²) in [5.41, 5.74) is -0.494. The van der Waals surface area contributed by atoms with Gasteiger partial charge in [0.05, 0.1) is 5.69 Å². The van der Waals surface area contributed by atoms with Crippen LogP contribution < -0.4 is 10.6 Å². The highest BCUT2D eigenvalue weighted by molar-refractivity contribution is 5.98. The van der Waals surface area contributed by atoms with Crippen LogP contribution in [0.15, 0.2) is 18.2 Å². The lowest BCUT2D eigenvalue weighted by Crippen LogP contribution is -2.49. The number of likely N-dealkylation sites (tertiary alicyclic amines) is 1. The number of nitrogens with one attached hydrogen (secondary N) is 2. The lowest BCUT2D eigenvalue weighted by Gasteiger charge is -2.34. The van der Waals surface area contributed by atoms with E-state index in [2.05, 4.69) is 10.6 Å². The zero-order chi connectivity index (χ0) is 20.9. The number of ether oxygens (including phenoxy) is 1. The van der Waals surface area contributed by atoms with Gasteiger partial charge in [-0.3, -0.25) is 14.9 Å². The molecule has 0 aromatic heterocycles. The Morgan fingerprint density at radius 1 is 1.21 bits per heavy atom. The lowest BCUT2D eigenvalue weighted by atomic mass is 10.0. The largest absolute Gasteiger partial charge is 0.444 e. The fraction of sp³-hybridized carbons (Fsp3) is 0.550. The molecule has 28 heavy (non-hydrogen) atoms. The van der Waals surface area contributed by atoms with E-state index in [1.54, 1.807) is 32.6 Å². The highest BCUT2D eigenvalue weighted by Gasteiger charge is 2.31. The Kier molecular flexibility index (Phi) is 6.99. The molecule has 0 aliphatic carbocycles. The number of carbonyl (C=O) groups excluding carboxylic acids is 3. The van der Waals surface area contributed by atoms with Crippen LogP contribution in [0.1, 0.15) is 53.4 Å². The van der Waals surface area contributed by atoms with Gasteiger partial charge >= 0.3 is 6.09 Å². The Labute approximate surface area is 164 Å². The van der Waals surface area contributed by atoms with Crippen molar-refractivity contribution in [2.45, 2.75) is 65.0 Å².